The van der Waals surface area contributed by atoms with E-state index in [-0.39, 0.29) is 17.1 Å². The van der Waals surface area contributed by atoms with Crippen LogP contribution in [0.1, 0.15) is 27.3 Å². The lowest BCUT2D eigenvalue weighted by atomic mass is 10.0. The summed E-state index contributed by atoms with van der Waals surface area (Å²) >= 11 is 0. The van der Waals surface area contributed by atoms with Crippen LogP contribution in [0, 0.1) is 17.5 Å². The van der Waals surface area contributed by atoms with Crippen molar-refractivity contribution in [1.29, 1.82) is 0 Å². The number of methoxy groups -OCH3 is 1. The Balaban J connectivity index is 1.82. The number of halogens is 6. The van der Waals surface area contributed by atoms with E-state index in [2.05, 4.69) is 10.2 Å². The second-order valence-corrected chi connectivity index (χ2v) is 6.14. The van der Waals surface area contributed by atoms with Crippen molar-refractivity contribution in [3.05, 3.63) is 76.4 Å². The molecule has 2 aromatic carbocycles. The first-order chi connectivity index (χ1) is 14.1. The SMILES string of the molecule is COc1cc(F)c(NC(=O)c2cc(Cc3c(F)cccc3C(F)(F)F)[nH]n2)c(F)c1. The highest BCUT2D eigenvalue weighted by Gasteiger charge is 2.34. The molecule has 0 bridgehead atoms. The molecule has 30 heavy (non-hydrogen) atoms. The first-order valence-corrected chi connectivity index (χ1v) is 8.33. The van der Waals surface area contributed by atoms with Crippen LogP contribution in [-0.4, -0.2) is 23.2 Å². The molecule has 0 unspecified atom stereocenters. The van der Waals surface area contributed by atoms with Crippen molar-refractivity contribution in [2.45, 2.75) is 12.6 Å². The topological polar surface area (TPSA) is 67.0 Å². The number of benzene rings is 2. The monoisotopic (exact) mass is 429 g/mol. The molecular weight excluding hydrogens is 416 g/mol. The molecule has 1 heterocycles. The molecule has 0 radical (unpaired) electrons. The second-order valence-electron chi connectivity index (χ2n) is 6.14. The maximum absolute atomic E-state index is 14.0. The summed E-state index contributed by atoms with van der Waals surface area (Å²) in [7, 11) is 1.21. The van der Waals surface area contributed by atoms with Crippen molar-refractivity contribution < 1.29 is 35.9 Å². The number of alkyl halides is 3. The van der Waals surface area contributed by atoms with Gasteiger partial charge in [0, 0.05) is 29.8 Å². The quantitative estimate of drug-likeness (QED) is 0.578. The van der Waals surface area contributed by atoms with Gasteiger partial charge in [0.1, 0.15) is 17.3 Å². The van der Waals surface area contributed by atoms with E-state index < -0.39 is 52.8 Å². The summed E-state index contributed by atoms with van der Waals surface area (Å²) in [5.41, 5.74) is -2.91. The molecule has 0 aliphatic rings. The predicted octanol–water partition coefficient (Wildman–Crippen LogP) is 4.70. The van der Waals surface area contributed by atoms with Gasteiger partial charge in [0.25, 0.3) is 5.91 Å². The molecule has 11 heteroatoms. The number of H-pyrrole nitrogens is 1. The van der Waals surface area contributed by atoms with E-state index in [4.69, 9.17) is 4.74 Å². The first-order valence-electron chi connectivity index (χ1n) is 8.33. The van der Waals surface area contributed by atoms with E-state index in [1.54, 1.807) is 0 Å². The Kier molecular flexibility index (Phi) is 5.72. The predicted molar refractivity (Wildman–Crippen MR) is 93.7 cm³/mol. The highest BCUT2D eigenvalue weighted by atomic mass is 19.4. The molecule has 0 aliphatic carbocycles. The van der Waals surface area contributed by atoms with Gasteiger partial charge in [-0.15, -0.1) is 0 Å². The van der Waals surface area contributed by atoms with Crippen molar-refractivity contribution in [2.24, 2.45) is 0 Å². The molecular formula is C19H13F6N3O2. The van der Waals surface area contributed by atoms with Crippen molar-refractivity contribution in [3.8, 4) is 5.75 Å². The van der Waals surface area contributed by atoms with E-state index in [1.807, 2.05) is 5.32 Å². The number of hydrogen-bond donors (Lipinski definition) is 2. The number of nitrogens with one attached hydrogen (secondary N) is 2. The van der Waals surface area contributed by atoms with Gasteiger partial charge < -0.3 is 10.1 Å². The summed E-state index contributed by atoms with van der Waals surface area (Å²) in [6, 6.07) is 5.31. The number of rotatable bonds is 5. The molecule has 1 aromatic heterocycles. The highest BCUT2D eigenvalue weighted by molar-refractivity contribution is 6.03. The Hall–Kier alpha value is -3.50. The largest absolute Gasteiger partial charge is 0.497 e. The summed E-state index contributed by atoms with van der Waals surface area (Å²) < 4.78 is 85.9. The van der Waals surface area contributed by atoms with Crippen LogP contribution < -0.4 is 10.1 Å². The van der Waals surface area contributed by atoms with Crippen molar-refractivity contribution in [1.82, 2.24) is 10.2 Å². The number of nitrogens with zero attached hydrogens (tertiary/aromatic N) is 1. The van der Waals surface area contributed by atoms with Crippen LogP contribution in [0.5, 0.6) is 5.75 Å². The zero-order valence-electron chi connectivity index (χ0n) is 15.2. The highest BCUT2D eigenvalue weighted by Crippen LogP contribution is 2.34. The molecule has 0 fully saturated rings. The Morgan fingerprint density at radius 3 is 2.37 bits per heavy atom. The molecule has 0 spiro atoms. The molecule has 0 saturated carbocycles. The molecule has 3 aromatic rings. The average molecular weight is 429 g/mol. The van der Waals surface area contributed by atoms with Gasteiger partial charge in [0.2, 0.25) is 0 Å². The van der Waals surface area contributed by atoms with Gasteiger partial charge in [0.15, 0.2) is 17.3 Å². The number of anilines is 1. The Morgan fingerprint density at radius 1 is 1.10 bits per heavy atom. The van der Waals surface area contributed by atoms with Gasteiger partial charge in [-0.25, -0.2) is 13.2 Å². The smallest absolute Gasteiger partial charge is 0.416 e. The number of amides is 1. The summed E-state index contributed by atoms with van der Waals surface area (Å²) in [4.78, 5) is 12.2. The van der Waals surface area contributed by atoms with Crippen LogP contribution >= 0.6 is 0 Å². The van der Waals surface area contributed by atoms with Crippen LogP contribution in [0.15, 0.2) is 36.4 Å². The fraction of sp³-hybridized carbons (Fsp3) is 0.158. The average Bonchev–Trinajstić information content (AvgIpc) is 3.13. The number of aromatic nitrogens is 2. The van der Waals surface area contributed by atoms with Gasteiger partial charge in [-0.2, -0.15) is 18.3 Å². The summed E-state index contributed by atoms with van der Waals surface area (Å²) in [5, 5.41) is 7.92. The third-order valence-electron chi connectivity index (χ3n) is 4.14. The van der Waals surface area contributed by atoms with Gasteiger partial charge in [-0.3, -0.25) is 9.89 Å². The molecule has 1 amide bonds. The van der Waals surface area contributed by atoms with Crippen LogP contribution in [0.25, 0.3) is 0 Å². The molecule has 5 nitrogen and oxygen atoms in total. The third-order valence-corrected chi connectivity index (χ3v) is 4.14. The zero-order chi connectivity index (χ0) is 22.1. The lowest BCUT2D eigenvalue weighted by Gasteiger charge is -2.12. The lowest BCUT2D eigenvalue weighted by molar-refractivity contribution is -0.138. The van der Waals surface area contributed by atoms with E-state index in [1.165, 1.54) is 7.11 Å². The van der Waals surface area contributed by atoms with Crippen molar-refractivity contribution in [2.75, 3.05) is 12.4 Å². The van der Waals surface area contributed by atoms with E-state index in [0.29, 0.717) is 0 Å². The first kappa shape index (κ1) is 21.2. The van der Waals surface area contributed by atoms with Gasteiger partial charge in [-0.05, 0) is 18.2 Å². The Morgan fingerprint density at radius 2 is 1.77 bits per heavy atom. The van der Waals surface area contributed by atoms with E-state index in [9.17, 15) is 31.1 Å². The number of ether oxygens (including phenoxy) is 1. The van der Waals surface area contributed by atoms with E-state index in [0.717, 1.165) is 36.4 Å². The van der Waals surface area contributed by atoms with Crippen LogP contribution in [0.4, 0.5) is 32.0 Å². The molecule has 0 atom stereocenters. The van der Waals surface area contributed by atoms with Crippen LogP contribution in [-0.2, 0) is 12.6 Å². The number of carbonyl (C=O) groups is 1. The summed E-state index contributed by atoms with van der Waals surface area (Å²) in [6.07, 6.45) is -5.31. The molecule has 0 saturated heterocycles. The molecule has 0 aliphatic heterocycles. The minimum atomic E-state index is -4.78. The van der Waals surface area contributed by atoms with Crippen molar-refractivity contribution in [3.63, 3.8) is 0 Å². The number of carbonyl (C=O) groups excluding carboxylic acids is 1. The molecule has 3 rings (SSSR count). The third kappa shape index (κ3) is 4.39. The fourth-order valence-corrected chi connectivity index (χ4v) is 2.73. The second kappa shape index (κ2) is 8.09. The van der Waals surface area contributed by atoms with E-state index >= 15 is 0 Å². The minimum Gasteiger partial charge on any atom is -0.497 e. The Bertz CT molecular complexity index is 1070. The summed E-state index contributed by atoms with van der Waals surface area (Å²) in [6.45, 7) is 0. The van der Waals surface area contributed by atoms with Gasteiger partial charge >= 0.3 is 6.18 Å². The molecule has 2 N–H and O–H groups in total. The maximum atomic E-state index is 14.0. The number of hydrogen-bond acceptors (Lipinski definition) is 3. The fourth-order valence-electron chi connectivity index (χ4n) is 2.73. The van der Waals surface area contributed by atoms with Crippen LogP contribution in [0.2, 0.25) is 0 Å². The molecule has 158 valence electrons. The standard InChI is InChI=1S/C19H13F6N3O2/c1-30-10-7-14(21)17(15(22)8-10)26-18(29)16-6-9(27-28-16)5-11-12(19(23,24)25)3-2-4-13(11)20/h2-4,6-8H,5H2,1H3,(H,26,29)(H,27,28). The zero-order valence-corrected chi connectivity index (χ0v) is 15.2. The maximum Gasteiger partial charge on any atom is 0.416 e. The lowest BCUT2D eigenvalue weighted by Crippen LogP contribution is -2.15. The van der Waals surface area contributed by atoms with Gasteiger partial charge in [-0.1, -0.05) is 6.07 Å². The normalized spacial score (nSPS) is 11.4. The number of aromatic amines is 1. The summed E-state index contributed by atoms with van der Waals surface area (Å²) in [5.74, 6) is -4.40. The van der Waals surface area contributed by atoms with Crippen LogP contribution in [0.3, 0.4) is 0 Å². The Labute approximate surface area is 165 Å². The van der Waals surface area contributed by atoms with Crippen molar-refractivity contribution >= 4 is 11.6 Å². The van der Waals surface area contributed by atoms with Gasteiger partial charge in [0.05, 0.1) is 12.7 Å². The minimum absolute atomic E-state index is 0.00794.